The number of benzene rings is 2. The maximum Gasteiger partial charge on any atom is 0.243 e. The molecular formula is C20H24ClN3O3S. The summed E-state index contributed by atoms with van der Waals surface area (Å²) in [5.74, 6) is -0.206. The molecule has 0 N–H and O–H groups in total. The summed E-state index contributed by atoms with van der Waals surface area (Å²) >= 11 is 5.84. The van der Waals surface area contributed by atoms with Crippen LogP contribution in [-0.4, -0.2) is 68.7 Å². The maximum atomic E-state index is 13.0. The molecule has 3 rings (SSSR count). The molecule has 1 aliphatic rings. The largest absolute Gasteiger partial charge is 0.332 e. The Morgan fingerprint density at radius 1 is 1.11 bits per heavy atom. The van der Waals surface area contributed by atoms with Gasteiger partial charge in [-0.05, 0) is 36.9 Å². The van der Waals surface area contributed by atoms with Crippen LogP contribution in [0.2, 0.25) is 5.02 Å². The molecule has 1 aliphatic heterocycles. The predicted molar refractivity (Wildman–Crippen MR) is 110 cm³/mol. The van der Waals surface area contributed by atoms with Crippen LogP contribution in [0.3, 0.4) is 0 Å². The van der Waals surface area contributed by atoms with E-state index in [1.54, 1.807) is 4.90 Å². The number of likely N-dealkylation sites (N-methyl/N-ethyl adjacent to an activating group) is 2. The predicted octanol–water partition coefficient (Wildman–Crippen LogP) is 2.48. The van der Waals surface area contributed by atoms with Gasteiger partial charge in [-0.1, -0.05) is 41.9 Å². The third kappa shape index (κ3) is 4.55. The fourth-order valence-electron chi connectivity index (χ4n) is 3.33. The van der Waals surface area contributed by atoms with E-state index in [-0.39, 0.29) is 23.4 Å². The minimum absolute atomic E-state index is 0.0981. The number of amides is 1. The summed E-state index contributed by atoms with van der Waals surface area (Å²) in [4.78, 5) is 17.1. The van der Waals surface area contributed by atoms with Gasteiger partial charge in [0.15, 0.2) is 0 Å². The van der Waals surface area contributed by atoms with Crippen molar-refractivity contribution in [1.82, 2.24) is 14.1 Å². The van der Waals surface area contributed by atoms with Gasteiger partial charge in [-0.25, -0.2) is 8.42 Å². The van der Waals surface area contributed by atoms with Crippen LogP contribution in [0.4, 0.5) is 0 Å². The topological polar surface area (TPSA) is 60.9 Å². The number of nitrogens with zero attached hydrogens (tertiary/aromatic N) is 3. The molecule has 0 aliphatic carbocycles. The Labute approximate surface area is 171 Å². The normalized spacial score (nSPS) is 18.4. The van der Waals surface area contributed by atoms with Gasteiger partial charge in [0.2, 0.25) is 15.9 Å². The number of hydrogen-bond donors (Lipinski definition) is 0. The average Bonchev–Trinajstić information content (AvgIpc) is 2.68. The third-order valence-corrected chi connectivity index (χ3v) is 7.04. The van der Waals surface area contributed by atoms with Crippen molar-refractivity contribution in [2.45, 2.75) is 10.9 Å². The van der Waals surface area contributed by atoms with Crippen LogP contribution < -0.4 is 0 Å². The molecule has 0 saturated carbocycles. The van der Waals surface area contributed by atoms with Crippen molar-refractivity contribution in [2.24, 2.45) is 0 Å². The monoisotopic (exact) mass is 421 g/mol. The van der Waals surface area contributed by atoms with Crippen LogP contribution >= 0.6 is 11.6 Å². The Balaban J connectivity index is 1.77. The summed E-state index contributed by atoms with van der Waals surface area (Å²) in [6.07, 6.45) is 0. The summed E-state index contributed by atoms with van der Waals surface area (Å²) in [5.41, 5.74) is 1.05. The zero-order chi connectivity index (χ0) is 20.3. The molecular weight excluding hydrogens is 398 g/mol. The Hall–Kier alpha value is -1.93. The molecule has 28 heavy (non-hydrogen) atoms. The Kier molecular flexibility index (Phi) is 6.40. The Morgan fingerprint density at radius 2 is 1.75 bits per heavy atom. The fraction of sp³-hybridized carbons (Fsp3) is 0.350. The molecule has 2 aromatic carbocycles. The highest BCUT2D eigenvalue weighted by molar-refractivity contribution is 7.89. The van der Waals surface area contributed by atoms with E-state index < -0.39 is 10.0 Å². The molecule has 8 heteroatoms. The molecule has 0 radical (unpaired) electrons. The van der Waals surface area contributed by atoms with Gasteiger partial charge in [0.1, 0.15) is 0 Å². The molecule has 1 fully saturated rings. The van der Waals surface area contributed by atoms with Crippen molar-refractivity contribution >= 4 is 27.5 Å². The molecule has 150 valence electrons. The first-order chi connectivity index (χ1) is 13.3. The van der Waals surface area contributed by atoms with Crippen molar-refractivity contribution in [2.75, 3.05) is 40.3 Å². The zero-order valence-electron chi connectivity index (χ0n) is 16.0. The van der Waals surface area contributed by atoms with Crippen LogP contribution in [0.1, 0.15) is 11.6 Å². The van der Waals surface area contributed by atoms with E-state index in [4.69, 9.17) is 11.6 Å². The van der Waals surface area contributed by atoms with Crippen molar-refractivity contribution < 1.29 is 13.2 Å². The standard InChI is InChI=1S/C20H24ClN3O3S/c1-22-12-13-24(19(14-22)16-6-4-3-5-7-16)20(25)15-23(2)28(26,27)18-10-8-17(21)9-11-18/h3-11,19H,12-15H2,1-2H3/t19-/m1/s1. The maximum absolute atomic E-state index is 13.0. The van der Waals surface area contributed by atoms with E-state index in [0.717, 1.165) is 16.4 Å². The highest BCUT2D eigenvalue weighted by Gasteiger charge is 2.32. The number of hydrogen-bond acceptors (Lipinski definition) is 4. The molecule has 0 bridgehead atoms. The van der Waals surface area contributed by atoms with Gasteiger partial charge in [0, 0.05) is 31.7 Å². The molecule has 1 heterocycles. The summed E-state index contributed by atoms with van der Waals surface area (Å²) in [6.45, 7) is 1.81. The number of halogens is 1. The van der Waals surface area contributed by atoms with Crippen molar-refractivity contribution in [3.05, 3.63) is 65.2 Å². The number of rotatable bonds is 5. The molecule has 0 spiro atoms. The minimum Gasteiger partial charge on any atom is -0.332 e. The summed E-state index contributed by atoms with van der Waals surface area (Å²) < 4.78 is 26.6. The minimum atomic E-state index is -3.77. The lowest BCUT2D eigenvalue weighted by Gasteiger charge is -2.40. The van der Waals surface area contributed by atoms with Crippen LogP contribution in [0.5, 0.6) is 0 Å². The molecule has 1 saturated heterocycles. The van der Waals surface area contributed by atoms with E-state index in [0.29, 0.717) is 18.1 Å². The first-order valence-corrected chi connectivity index (χ1v) is 10.9. The van der Waals surface area contributed by atoms with Gasteiger partial charge < -0.3 is 9.80 Å². The SMILES string of the molecule is CN1CCN(C(=O)CN(C)S(=O)(=O)c2ccc(Cl)cc2)[C@@H](c2ccccc2)C1. The fourth-order valence-corrected chi connectivity index (χ4v) is 4.58. The lowest BCUT2D eigenvalue weighted by molar-refractivity contribution is -0.136. The quantitative estimate of drug-likeness (QED) is 0.744. The van der Waals surface area contributed by atoms with Crippen LogP contribution in [0.15, 0.2) is 59.5 Å². The van der Waals surface area contributed by atoms with E-state index >= 15 is 0 Å². The Bertz CT molecular complexity index is 919. The highest BCUT2D eigenvalue weighted by Crippen LogP contribution is 2.25. The van der Waals surface area contributed by atoms with Gasteiger partial charge in [0.05, 0.1) is 17.5 Å². The number of sulfonamides is 1. The van der Waals surface area contributed by atoms with Crippen molar-refractivity contribution in [1.29, 1.82) is 0 Å². The molecule has 2 aromatic rings. The highest BCUT2D eigenvalue weighted by atomic mass is 35.5. The van der Waals surface area contributed by atoms with Crippen molar-refractivity contribution in [3.63, 3.8) is 0 Å². The average molecular weight is 422 g/mol. The second kappa shape index (κ2) is 8.61. The summed E-state index contributed by atoms with van der Waals surface area (Å²) in [7, 11) is -0.317. The van der Waals surface area contributed by atoms with Crippen molar-refractivity contribution in [3.8, 4) is 0 Å². The first kappa shape index (κ1) is 20.8. The van der Waals surface area contributed by atoms with Crippen LogP contribution in [0.25, 0.3) is 0 Å². The summed E-state index contributed by atoms with van der Waals surface area (Å²) in [6, 6.07) is 15.7. The van der Waals surface area contributed by atoms with Gasteiger partial charge in [-0.15, -0.1) is 0 Å². The van der Waals surface area contributed by atoms with Crippen LogP contribution in [-0.2, 0) is 14.8 Å². The van der Waals surface area contributed by atoms with E-state index in [9.17, 15) is 13.2 Å². The molecule has 0 aromatic heterocycles. The first-order valence-electron chi connectivity index (χ1n) is 9.04. The zero-order valence-corrected chi connectivity index (χ0v) is 17.5. The molecule has 6 nitrogen and oxygen atoms in total. The van der Waals surface area contributed by atoms with E-state index in [1.807, 2.05) is 37.4 Å². The number of piperazine rings is 1. The van der Waals surface area contributed by atoms with Gasteiger partial charge in [0.25, 0.3) is 0 Å². The second-order valence-corrected chi connectivity index (χ2v) is 9.47. The van der Waals surface area contributed by atoms with E-state index in [1.165, 1.54) is 31.3 Å². The lowest BCUT2D eigenvalue weighted by Crippen LogP contribution is -2.52. The third-order valence-electron chi connectivity index (χ3n) is 4.97. The van der Waals surface area contributed by atoms with Gasteiger partial charge in [-0.3, -0.25) is 4.79 Å². The molecule has 1 atom stereocenters. The van der Waals surface area contributed by atoms with Gasteiger partial charge >= 0.3 is 0 Å². The van der Waals surface area contributed by atoms with Gasteiger partial charge in [-0.2, -0.15) is 4.31 Å². The lowest BCUT2D eigenvalue weighted by atomic mass is 10.0. The summed E-state index contributed by atoms with van der Waals surface area (Å²) in [5, 5.41) is 0.459. The number of carbonyl (C=O) groups excluding carboxylic acids is 1. The number of carbonyl (C=O) groups is 1. The smallest absolute Gasteiger partial charge is 0.243 e. The molecule has 0 unspecified atom stereocenters. The molecule has 1 amide bonds. The second-order valence-electron chi connectivity index (χ2n) is 6.99. The van der Waals surface area contributed by atoms with Crippen LogP contribution in [0, 0.1) is 0 Å². The van der Waals surface area contributed by atoms with E-state index in [2.05, 4.69) is 4.90 Å². The Morgan fingerprint density at radius 3 is 2.39 bits per heavy atom.